The number of hydrogen-bond acceptors (Lipinski definition) is 2. The molecule has 0 spiro atoms. The van der Waals surface area contributed by atoms with Crippen LogP contribution in [0.1, 0.15) is 52.9 Å². The molecule has 1 saturated carbocycles. The summed E-state index contributed by atoms with van der Waals surface area (Å²) in [6.45, 7) is 7.20. The van der Waals surface area contributed by atoms with Gasteiger partial charge in [0.05, 0.1) is 0 Å². The Balaban J connectivity index is 0.000000500. The molecule has 0 saturated heterocycles. The summed E-state index contributed by atoms with van der Waals surface area (Å²) >= 11 is 0. The first-order valence-corrected chi connectivity index (χ1v) is 6.11. The zero-order valence-electron chi connectivity index (χ0n) is 10.1. The van der Waals surface area contributed by atoms with Gasteiger partial charge in [-0.1, -0.05) is 33.6 Å². The average Bonchev–Trinajstić information content (AvgIpc) is 2.19. The van der Waals surface area contributed by atoms with Crippen molar-refractivity contribution in [3.05, 3.63) is 0 Å². The van der Waals surface area contributed by atoms with Gasteiger partial charge in [-0.15, -0.1) is 0 Å². The molecule has 0 aromatic carbocycles. The van der Waals surface area contributed by atoms with E-state index in [9.17, 15) is 0 Å². The molecule has 1 atom stereocenters. The third-order valence-corrected chi connectivity index (χ3v) is 3.14. The van der Waals surface area contributed by atoms with Crippen molar-refractivity contribution in [2.24, 2.45) is 23.3 Å². The lowest BCUT2D eigenvalue weighted by Gasteiger charge is -2.29. The Morgan fingerprint density at radius 2 is 1.57 bits per heavy atom. The van der Waals surface area contributed by atoms with E-state index < -0.39 is 0 Å². The van der Waals surface area contributed by atoms with Crippen molar-refractivity contribution >= 4 is 0 Å². The van der Waals surface area contributed by atoms with E-state index in [-0.39, 0.29) is 0 Å². The predicted molar refractivity (Wildman–Crippen MR) is 64.1 cm³/mol. The lowest BCUT2D eigenvalue weighted by atomic mass is 9.79. The fraction of sp³-hybridized carbons (Fsp3) is 1.00. The van der Waals surface area contributed by atoms with Crippen molar-refractivity contribution in [2.45, 2.75) is 58.9 Å². The second kappa shape index (κ2) is 8.25. The molecule has 0 aromatic rings. The van der Waals surface area contributed by atoms with Crippen LogP contribution in [0.5, 0.6) is 0 Å². The maximum absolute atomic E-state index is 5.99. The van der Waals surface area contributed by atoms with Crippen molar-refractivity contribution in [1.82, 2.24) is 0 Å². The summed E-state index contributed by atoms with van der Waals surface area (Å²) < 4.78 is 0. The first-order chi connectivity index (χ1) is 6.65. The zero-order chi connectivity index (χ0) is 11.0. The minimum absolute atomic E-state index is 0.475. The fourth-order valence-corrected chi connectivity index (χ4v) is 2.05. The van der Waals surface area contributed by atoms with Gasteiger partial charge in [-0.05, 0) is 37.6 Å². The molecule has 0 aliphatic heterocycles. The van der Waals surface area contributed by atoms with Gasteiger partial charge in [-0.25, -0.2) is 0 Å². The van der Waals surface area contributed by atoms with Gasteiger partial charge in [0.15, 0.2) is 0 Å². The molecule has 0 radical (unpaired) electrons. The molecule has 0 amide bonds. The first-order valence-electron chi connectivity index (χ1n) is 6.11. The van der Waals surface area contributed by atoms with E-state index >= 15 is 0 Å². The molecule has 1 aliphatic carbocycles. The van der Waals surface area contributed by atoms with Gasteiger partial charge in [0.25, 0.3) is 0 Å². The average molecular weight is 200 g/mol. The van der Waals surface area contributed by atoms with Crippen LogP contribution in [0, 0.1) is 11.8 Å². The summed E-state index contributed by atoms with van der Waals surface area (Å²) in [4.78, 5) is 0. The third-order valence-electron chi connectivity index (χ3n) is 3.14. The predicted octanol–water partition coefficient (Wildman–Crippen LogP) is 2.52. The van der Waals surface area contributed by atoms with E-state index in [2.05, 4.69) is 13.8 Å². The van der Waals surface area contributed by atoms with E-state index in [4.69, 9.17) is 11.5 Å². The molecule has 1 fully saturated rings. The smallest absolute Gasteiger partial charge is 0.00645 e. The molecule has 14 heavy (non-hydrogen) atoms. The van der Waals surface area contributed by atoms with Gasteiger partial charge in [0.1, 0.15) is 0 Å². The van der Waals surface area contributed by atoms with Gasteiger partial charge in [-0.2, -0.15) is 0 Å². The highest BCUT2D eigenvalue weighted by molar-refractivity contribution is 4.77. The molecule has 1 rings (SSSR count). The van der Waals surface area contributed by atoms with E-state index in [0.717, 1.165) is 24.8 Å². The Labute approximate surface area is 89.4 Å². The van der Waals surface area contributed by atoms with Gasteiger partial charge in [0.2, 0.25) is 0 Å². The summed E-state index contributed by atoms with van der Waals surface area (Å²) in [6.07, 6.45) is 6.70. The van der Waals surface area contributed by atoms with Crippen LogP contribution >= 0.6 is 0 Å². The molecular weight excluding hydrogens is 172 g/mol. The Hall–Kier alpha value is -0.0800. The van der Waals surface area contributed by atoms with Crippen LogP contribution in [-0.4, -0.2) is 12.6 Å². The van der Waals surface area contributed by atoms with Crippen molar-refractivity contribution in [2.75, 3.05) is 6.54 Å². The third kappa shape index (κ3) is 5.61. The summed E-state index contributed by atoms with van der Waals surface area (Å²) in [7, 11) is 0. The lowest BCUT2D eigenvalue weighted by Crippen LogP contribution is -2.31. The van der Waals surface area contributed by atoms with Gasteiger partial charge in [-0.3, -0.25) is 0 Å². The van der Waals surface area contributed by atoms with Crippen molar-refractivity contribution < 1.29 is 0 Å². The van der Waals surface area contributed by atoms with Crippen LogP contribution in [0.2, 0.25) is 0 Å². The molecule has 0 aromatic heterocycles. The summed E-state index contributed by atoms with van der Waals surface area (Å²) in [5.74, 6) is 1.78. The standard InChI is InChI=1S/C10H21N.C2H7N/c1-3-10(11)9-6-4-8(2)5-7-9;1-2-3/h8-10H,3-7,11H2,1-2H3;2-3H2,1H3. The monoisotopic (exact) mass is 200 g/mol. The quantitative estimate of drug-likeness (QED) is 0.719. The van der Waals surface area contributed by atoms with Crippen LogP contribution < -0.4 is 11.5 Å². The van der Waals surface area contributed by atoms with E-state index in [1.54, 1.807) is 0 Å². The topological polar surface area (TPSA) is 52.0 Å². The molecular formula is C12H28N2. The van der Waals surface area contributed by atoms with Crippen molar-refractivity contribution in [3.8, 4) is 0 Å². The molecule has 1 unspecified atom stereocenters. The van der Waals surface area contributed by atoms with Crippen molar-refractivity contribution in [1.29, 1.82) is 0 Å². The summed E-state index contributed by atoms with van der Waals surface area (Å²) in [6, 6.07) is 0.475. The van der Waals surface area contributed by atoms with E-state index in [1.165, 1.54) is 25.7 Å². The van der Waals surface area contributed by atoms with Crippen LogP contribution in [0.3, 0.4) is 0 Å². The fourth-order valence-electron chi connectivity index (χ4n) is 2.05. The van der Waals surface area contributed by atoms with E-state index in [1.807, 2.05) is 6.92 Å². The minimum atomic E-state index is 0.475. The molecule has 1 aliphatic rings. The second-order valence-electron chi connectivity index (χ2n) is 4.50. The SMILES string of the molecule is CCC(N)C1CCC(C)CC1.CCN. The molecule has 2 heteroatoms. The number of nitrogens with two attached hydrogens (primary N) is 2. The first kappa shape index (κ1) is 13.9. The highest BCUT2D eigenvalue weighted by atomic mass is 14.6. The highest BCUT2D eigenvalue weighted by Crippen LogP contribution is 2.30. The van der Waals surface area contributed by atoms with E-state index in [0.29, 0.717) is 6.04 Å². The summed E-state index contributed by atoms with van der Waals surface area (Å²) in [5.41, 5.74) is 10.8. The Morgan fingerprint density at radius 3 is 1.93 bits per heavy atom. The molecule has 4 N–H and O–H groups in total. The number of rotatable bonds is 2. The normalized spacial score (nSPS) is 28.9. The highest BCUT2D eigenvalue weighted by Gasteiger charge is 2.21. The Bertz CT molecular complexity index is 117. The maximum Gasteiger partial charge on any atom is 0.00645 e. The lowest BCUT2D eigenvalue weighted by molar-refractivity contribution is 0.251. The largest absolute Gasteiger partial charge is 0.331 e. The molecule has 86 valence electrons. The molecule has 0 heterocycles. The van der Waals surface area contributed by atoms with Crippen LogP contribution in [0.15, 0.2) is 0 Å². The van der Waals surface area contributed by atoms with Crippen LogP contribution in [0.25, 0.3) is 0 Å². The Kier molecular flexibility index (Phi) is 8.20. The van der Waals surface area contributed by atoms with Crippen LogP contribution in [0.4, 0.5) is 0 Å². The van der Waals surface area contributed by atoms with Gasteiger partial charge < -0.3 is 11.5 Å². The van der Waals surface area contributed by atoms with Gasteiger partial charge in [0, 0.05) is 6.04 Å². The maximum atomic E-state index is 5.99. The second-order valence-corrected chi connectivity index (χ2v) is 4.50. The summed E-state index contributed by atoms with van der Waals surface area (Å²) in [5, 5.41) is 0. The number of hydrogen-bond donors (Lipinski definition) is 2. The minimum Gasteiger partial charge on any atom is -0.331 e. The Morgan fingerprint density at radius 1 is 1.14 bits per heavy atom. The zero-order valence-corrected chi connectivity index (χ0v) is 10.1. The van der Waals surface area contributed by atoms with Crippen LogP contribution in [-0.2, 0) is 0 Å². The van der Waals surface area contributed by atoms with Gasteiger partial charge >= 0.3 is 0 Å². The molecule has 0 bridgehead atoms. The van der Waals surface area contributed by atoms with Crippen molar-refractivity contribution in [3.63, 3.8) is 0 Å². The molecule has 2 nitrogen and oxygen atoms in total.